The van der Waals surface area contributed by atoms with Crippen LogP contribution in [-0.2, 0) is 20.9 Å². The van der Waals surface area contributed by atoms with E-state index in [4.69, 9.17) is 9.84 Å². The second-order valence-electron chi connectivity index (χ2n) is 5.48. The van der Waals surface area contributed by atoms with Gasteiger partial charge in [0.2, 0.25) is 11.8 Å². The topological polar surface area (TPSA) is 95.9 Å². The number of rotatable bonds is 6. The first-order valence-electron chi connectivity index (χ1n) is 7.39. The summed E-state index contributed by atoms with van der Waals surface area (Å²) in [6.07, 6.45) is 0.184. The average molecular weight is 320 g/mol. The summed E-state index contributed by atoms with van der Waals surface area (Å²) >= 11 is 0. The Morgan fingerprint density at radius 3 is 2.70 bits per heavy atom. The van der Waals surface area contributed by atoms with E-state index in [1.54, 1.807) is 11.0 Å². The van der Waals surface area contributed by atoms with E-state index in [0.29, 0.717) is 24.3 Å². The smallest absolute Gasteiger partial charge is 0.335 e. The predicted octanol–water partition coefficient (Wildman–Crippen LogP) is 1.34. The van der Waals surface area contributed by atoms with Crippen LogP contribution in [-0.4, -0.2) is 48.0 Å². The van der Waals surface area contributed by atoms with Crippen LogP contribution in [0.1, 0.15) is 29.3 Å². The second kappa shape index (κ2) is 7.23. The molecular formula is C16H20N2O5. The standard InChI is InChI=1S/C16H20N2O5/c1-3-18-8-12(7-14(18)19)15(20)17-13-5-10(9-23-2)4-11(6-13)16(21)22/h4-6,12H,3,7-9H2,1-2H3,(H,17,20)(H,21,22). The fourth-order valence-electron chi connectivity index (χ4n) is 2.64. The molecule has 2 rings (SSSR count). The molecule has 0 saturated carbocycles. The molecule has 0 spiro atoms. The van der Waals surface area contributed by atoms with Gasteiger partial charge in [0.15, 0.2) is 0 Å². The van der Waals surface area contributed by atoms with Crippen LogP contribution >= 0.6 is 0 Å². The number of carbonyl (C=O) groups excluding carboxylic acids is 2. The number of carbonyl (C=O) groups is 3. The number of nitrogens with zero attached hydrogens (tertiary/aromatic N) is 1. The third kappa shape index (κ3) is 4.07. The molecule has 2 amide bonds. The maximum atomic E-state index is 12.3. The summed E-state index contributed by atoms with van der Waals surface area (Å²) in [6.45, 7) is 3.08. The fourth-order valence-corrected chi connectivity index (χ4v) is 2.64. The Balaban J connectivity index is 2.14. The van der Waals surface area contributed by atoms with E-state index in [1.165, 1.54) is 19.2 Å². The van der Waals surface area contributed by atoms with Crippen LogP contribution in [0.4, 0.5) is 5.69 Å². The van der Waals surface area contributed by atoms with Crippen molar-refractivity contribution in [2.24, 2.45) is 5.92 Å². The van der Waals surface area contributed by atoms with Crippen LogP contribution in [0.2, 0.25) is 0 Å². The highest BCUT2D eigenvalue weighted by Crippen LogP contribution is 2.21. The van der Waals surface area contributed by atoms with Gasteiger partial charge in [-0.1, -0.05) is 0 Å². The van der Waals surface area contributed by atoms with Crippen molar-refractivity contribution in [3.63, 3.8) is 0 Å². The molecule has 1 aromatic carbocycles. The molecule has 0 aliphatic carbocycles. The number of anilines is 1. The fraction of sp³-hybridized carbons (Fsp3) is 0.438. The quantitative estimate of drug-likeness (QED) is 0.824. The van der Waals surface area contributed by atoms with Gasteiger partial charge in [0.25, 0.3) is 0 Å². The number of carboxylic acids is 1. The maximum Gasteiger partial charge on any atom is 0.335 e. The molecule has 23 heavy (non-hydrogen) atoms. The largest absolute Gasteiger partial charge is 0.478 e. The molecule has 7 heteroatoms. The number of nitrogens with one attached hydrogen (secondary N) is 1. The highest BCUT2D eigenvalue weighted by molar-refractivity contribution is 5.98. The number of benzene rings is 1. The monoisotopic (exact) mass is 320 g/mol. The van der Waals surface area contributed by atoms with Crippen LogP contribution in [0.5, 0.6) is 0 Å². The zero-order valence-corrected chi connectivity index (χ0v) is 13.2. The van der Waals surface area contributed by atoms with Gasteiger partial charge in [0.1, 0.15) is 0 Å². The number of methoxy groups -OCH3 is 1. The molecule has 124 valence electrons. The minimum absolute atomic E-state index is 0.0352. The first kappa shape index (κ1) is 17.0. The lowest BCUT2D eigenvalue weighted by molar-refractivity contribution is -0.128. The van der Waals surface area contributed by atoms with Crippen molar-refractivity contribution in [1.29, 1.82) is 0 Å². The van der Waals surface area contributed by atoms with E-state index in [-0.39, 0.29) is 30.4 Å². The molecular weight excluding hydrogens is 300 g/mol. The summed E-state index contributed by atoms with van der Waals surface area (Å²) in [6, 6.07) is 4.56. The van der Waals surface area contributed by atoms with Gasteiger partial charge >= 0.3 is 5.97 Å². The number of hydrogen-bond donors (Lipinski definition) is 2. The zero-order valence-electron chi connectivity index (χ0n) is 13.2. The van der Waals surface area contributed by atoms with Crippen LogP contribution in [0.3, 0.4) is 0 Å². The Labute approximate surface area is 134 Å². The molecule has 0 aromatic heterocycles. The van der Waals surface area contributed by atoms with E-state index in [1.807, 2.05) is 6.92 Å². The van der Waals surface area contributed by atoms with Crippen LogP contribution < -0.4 is 5.32 Å². The van der Waals surface area contributed by atoms with Crippen molar-refractivity contribution < 1.29 is 24.2 Å². The highest BCUT2D eigenvalue weighted by atomic mass is 16.5. The van der Waals surface area contributed by atoms with Crippen molar-refractivity contribution in [2.45, 2.75) is 20.0 Å². The number of aromatic carboxylic acids is 1. The Morgan fingerprint density at radius 2 is 2.13 bits per heavy atom. The SMILES string of the molecule is CCN1CC(C(=O)Nc2cc(COC)cc(C(=O)O)c2)CC1=O. The first-order valence-corrected chi connectivity index (χ1v) is 7.39. The van der Waals surface area contributed by atoms with E-state index < -0.39 is 11.9 Å². The summed E-state index contributed by atoms with van der Waals surface area (Å²) in [5, 5.41) is 11.9. The minimum atomic E-state index is -1.08. The summed E-state index contributed by atoms with van der Waals surface area (Å²) in [4.78, 5) is 36.8. The van der Waals surface area contributed by atoms with Crippen LogP contribution in [0.25, 0.3) is 0 Å². The van der Waals surface area contributed by atoms with E-state index in [9.17, 15) is 14.4 Å². The third-order valence-corrected chi connectivity index (χ3v) is 3.79. The Kier molecular flexibility index (Phi) is 5.33. The number of ether oxygens (including phenoxy) is 1. The van der Waals surface area contributed by atoms with Gasteiger partial charge in [-0.05, 0) is 30.7 Å². The van der Waals surface area contributed by atoms with Crippen molar-refractivity contribution in [1.82, 2.24) is 4.90 Å². The molecule has 0 radical (unpaired) electrons. The normalized spacial score (nSPS) is 17.4. The van der Waals surface area contributed by atoms with Gasteiger partial charge in [0, 0.05) is 32.3 Å². The molecule has 1 heterocycles. The number of carboxylic acid groups (broad SMARTS) is 1. The Bertz CT molecular complexity index is 629. The molecule has 1 saturated heterocycles. The van der Waals surface area contributed by atoms with Gasteiger partial charge in [-0.3, -0.25) is 9.59 Å². The molecule has 0 bridgehead atoms. The lowest BCUT2D eigenvalue weighted by Crippen LogP contribution is -2.28. The third-order valence-electron chi connectivity index (χ3n) is 3.79. The van der Waals surface area contributed by atoms with Gasteiger partial charge in [-0.2, -0.15) is 0 Å². The predicted molar refractivity (Wildman–Crippen MR) is 83.1 cm³/mol. The molecule has 1 aliphatic rings. The second-order valence-corrected chi connectivity index (χ2v) is 5.48. The summed E-state index contributed by atoms with van der Waals surface area (Å²) in [5.41, 5.74) is 1.12. The average Bonchev–Trinajstić information content (AvgIpc) is 2.88. The van der Waals surface area contributed by atoms with Crippen molar-refractivity contribution in [3.05, 3.63) is 29.3 Å². The summed E-state index contributed by atoms with van der Waals surface area (Å²) in [7, 11) is 1.51. The minimum Gasteiger partial charge on any atom is -0.478 e. The number of likely N-dealkylation sites (tertiary alicyclic amines) is 1. The highest BCUT2D eigenvalue weighted by Gasteiger charge is 2.33. The van der Waals surface area contributed by atoms with Gasteiger partial charge < -0.3 is 20.1 Å². The summed E-state index contributed by atoms with van der Waals surface area (Å²) < 4.78 is 5.01. The first-order chi connectivity index (χ1) is 10.9. The molecule has 1 atom stereocenters. The Morgan fingerprint density at radius 1 is 1.39 bits per heavy atom. The number of hydrogen-bond acceptors (Lipinski definition) is 4. The van der Waals surface area contributed by atoms with Crippen molar-refractivity contribution in [3.8, 4) is 0 Å². The van der Waals surface area contributed by atoms with Crippen LogP contribution in [0, 0.1) is 5.92 Å². The van der Waals surface area contributed by atoms with Crippen molar-refractivity contribution in [2.75, 3.05) is 25.5 Å². The van der Waals surface area contributed by atoms with Crippen molar-refractivity contribution >= 4 is 23.5 Å². The summed E-state index contributed by atoms with van der Waals surface area (Å²) in [5.74, 6) is -1.80. The van der Waals surface area contributed by atoms with Gasteiger partial charge in [0.05, 0.1) is 18.1 Å². The molecule has 7 nitrogen and oxygen atoms in total. The van der Waals surface area contributed by atoms with Gasteiger partial charge in [-0.25, -0.2) is 4.79 Å². The van der Waals surface area contributed by atoms with E-state index >= 15 is 0 Å². The Hall–Kier alpha value is -2.41. The molecule has 1 unspecified atom stereocenters. The lowest BCUT2D eigenvalue weighted by atomic mass is 10.1. The molecule has 1 fully saturated rings. The maximum absolute atomic E-state index is 12.3. The zero-order chi connectivity index (χ0) is 17.0. The van der Waals surface area contributed by atoms with Gasteiger partial charge in [-0.15, -0.1) is 0 Å². The van der Waals surface area contributed by atoms with E-state index in [2.05, 4.69) is 5.32 Å². The number of amides is 2. The lowest BCUT2D eigenvalue weighted by Gasteiger charge is -2.14. The molecule has 2 N–H and O–H groups in total. The van der Waals surface area contributed by atoms with Crippen LogP contribution in [0.15, 0.2) is 18.2 Å². The molecule has 1 aromatic rings. The van der Waals surface area contributed by atoms with E-state index in [0.717, 1.165) is 0 Å². The molecule has 1 aliphatic heterocycles.